The Morgan fingerprint density at radius 1 is 1.33 bits per heavy atom. The van der Waals surface area contributed by atoms with Gasteiger partial charge in [-0.25, -0.2) is 4.79 Å². The predicted octanol–water partition coefficient (Wildman–Crippen LogP) is 1.70. The second kappa shape index (κ2) is 7.39. The number of hydrogen-bond donors (Lipinski definition) is 0. The number of morpholine rings is 1. The highest BCUT2D eigenvalue weighted by Crippen LogP contribution is 2.23. The molecule has 0 aromatic heterocycles. The third kappa shape index (κ3) is 4.08. The first kappa shape index (κ1) is 17.9. The highest BCUT2D eigenvalue weighted by Gasteiger charge is 2.28. The predicted molar refractivity (Wildman–Crippen MR) is 84.7 cm³/mol. The molecule has 1 heterocycles. The molecule has 0 bridgehead atoms. The summed E-state index contributed by atoms with van der Waals surface area (Å²) in [5, 5.41) is 11.1. The van der Waals surface area contributed by atoms with Crippen LogP contribution in [-0.2, 0) is 14.3 Å². The quantitative estimate of drug-likeness (QED) is 0.471. The summed E-state index contributed by atoms with van der Waals surface area (Å²) >= 11 is 0. The van der Waals surface area contributed by atoms with E-state index in [1.54, 1.807) is 4.90 Å². The highest BCUT2D eigenvalue weighted by molar-refractivity contribution is 5.95. The molecular formula is C16H20N2O6. The van der Waals surface area contributed by atoms with E-state index in [4.69, 9.17) is 9.47 Å². The van der Waals surface area contributed by atoms with Gasteiger partial charge in [0.15, 0.2) is 6.61 Å². The lowest BCUT2D eigenvalue weighted by molar-refractivity contribution is -0.385. The fourth-order valence-electron chi connectivity index (χ4n) is 2.74. The van der Waals surface area contributed by atoms with Crippen molar-refractivity contribution in [2.75, 3.05) is 19.7 Å². The number of carbonyl (C=O) groups excluding carboxylic acids is 2. The van der Waals surface area contributed by atoms with Gasteiger partial charge in [-0.3, -0.25) is 14.9 Å². The summed E-state index contributed by atoms with van der Waals surface area (Å²) in [5.74, 6) is -1.23. The van der Waals surface area contributed by atoms with E-state index in [0.717, 1.165) is 0 Å². The van der Waals surface area contributed by atoms with Gasteiger partial charge in [0.2, 0.25) is 0 Å². The van der Waals surface area contributed by atoms with Gasteiger partial charge in [-0.05, 0) is 26.8 Å². The molecule has 1 aromatic carbocycles. The number of nitrogens with zero attached hydrogens (tertiary/aromatic N) is 2. The number of amides is 1. The average Bonchev–Trinajstić information content (AvgIpc) is 2.50. The maximum atomic E-state index is 12.2. The van der Waals surface area contributed by atoms with Crippen molar-refractivity contribution < 1.29 is 24.0 Å². The largest absolute Gasteiger partial charge is 0.452 e. The van der Waals surface area contributed by atoms with Gasteiger partial charge < -0.3 is 14.4 Å². The minimum absolute atomic E-state index is 0.0914. The summed E-state index contributed by atoms with van der Waals surface area (Å²) in [4.78, 5) is 36.3. The van der Waals surface area contributed by atoms with Crippen LogP contribution < -0.4 is 0 Å². The fourth-order valence-corrected chi connectivity index (χ4v) is 2.74. The number of esters is 1. The van der Waals surface area contributed by atoms with Crippen LogP contribution in [0.15, 0.2) is 18.2 Å². The zero-order valence-electron chi connectivity index (χ0n) is 13.9. The van der Waals surface area contributed by atoms with Crippen LogP contribution in [0.3, 0.4) is 0 Å². The van der Waals surface area contributed by atoms with E-state index < -0.39 is 17.5 Å². The summed E-state index contributed by atoms with van der Waals surface area (Å²) in [5.41, 5.74) is -0.100. The van der Waals surface area contributed by atoms with Gasteiger partial charge >= 0.3 is 5.97 Å². The third-order valence-corrected chi connectivity index (χ3v) is 3.74. The molecule has 1 aliphatic rings. The van der Waals surface area contributed by atoms with Gasteiger partial charge in [-0.1, -0.05) is 12.1 Å². The first-order valence-electron chi connectivity index (χ1n) is 7.64. The van der Waals surface area contributed by atoms with E-state index >= 15 is 0 Å². The van der Waals surface area contributed by atoms with Crippen molar-refractivity contribution >= 4 is 17.6 Å². The molecule has 8 heteroatoms. The number of nitro benzene ring substituents is 1. The molecule has 0 spiro atoms. The van der Waals surface area contributed by atoms with Crippen LogP contribution in [0.25, 0.3) is 0 Å². The van der Waals surface area contributed by atoms with Crippen LogP contribution in [0.2, 0.25) is 0 Å². The van der Waals surface area contributed by atoms with Crippen molar-refractivity contribution in [3.8, 4) is 0 Å². The van der Waals surface area contributed by atoms with Crippen molar-refractivity contribution in [2.24, 2.45) is 0 Å². The molecule has 0 aliphatic carbocycles. The van der Waals surface area contributed by atoms with Gasteiger partial charge in [-0.15, -0.1) is 0 Å². The van der Waals surface area contributed by atoms with E-state index in [9.17, 15) is 19.7 Å². The summed E-state index contributed by atoms with van der Waals surface area (Å²) in [7, 11) is 0. The normalized spacial score (nSPS) is 20.5. The molecule has 0 saturated carbocycles. The first-order chi connectivity index (χ1) is 11.3. The van der Waals surface area contributed by atoms with Gasteiger partial charge in [0.1, 0.15) is 5.56 Å². The van der Waals surface area contributed by atoms with Crippen LogP contribution in [0.5, 0.6) is 0 Å². The average molecular weight is 336 g/mol. The second-order valence-electron chi connectivity index (χ2n) is 5.86. The first-order valence-corrected chi connectivity index (χ1v) is 7.64. The molecule has 130 valence electrons. The number of hydrogen-bond acceptors (Lipinski definition) is 6. The Labute approximate surface area is 139 Å². The minimum atomic E-state index is -0.881. The van der Waals surface area contributed by atoms with Crippen molar-refractivity contribution in [1.29, 1.82) is 0 Å². The maximum Gasteiger partial charge on any atom is 0.345 e. The Bertz CT molecular complexity index is 650. The summed E-state index contributed by atoms with van der Waals surface area (Å²) < 4.78 is 10.5. The number of rotatable bonds is 4. The van der Waals surface area contributed by atoms with Crippen LogP contribution >= 0.6 is 0 Å². The molecule has 24 heavy (non-hydrogen) atoms. The summed E-state index contributed by atoms with van der Waals surface area (Å²) in [6, 6.07) is 4.39. The molecule has 2 rings (SSSR count). The van der Waals surface area contributed by atoms with Crippen LogP contribution in [0.4, 0.5) is 5.69 Å². The molecule has 0 unspecified atom stereocenters. The topological polar surface area (TPSA) is 99.0 Å². The second-order valence-corrected chi connectivity index (χ2v) is 5.86. The molecule has 1 amide bonds. The van der Waals surface area contributed by atoms with Crippen molar-refractivity contribution in [1.82, 2.24) is 4.90 Å². The zero-order valence-corrected chi connectivity index (χ0v) is 13.9. The number of carbonyl (C=O) groups is 2. The summed E-state index contributed by atoms with van der Waals surface area (Å²) in [6.07, 6.45) is -0.183. The van der Waals surface area contributed by atoms with Crippen LogP contribution in [-0.4, -0.2) is 53.6 Å². The fraction of sp³-hybridized carbons (Fsp3) is 0.500. The van der Waals surface area contributed by atoms with E-state index in [-0.39, 0.29) is 29.4 Å². The van der Waals surface area contributed by atoms with Gasteiger partial charge in [0, 0.05) is 18.7 Å². The van der Waals surface area contributed by atoms with E-state index in [1.165, 1.54) is 25.1 Å². The monoisotopic (exact) mass is 336 g/mol. The molecule has 1 aliphatic heterocycles. The molecule has 1 fully saturated rings. The lowest BCUT2D eigenvalue weighted by Crippen LogP contribution is -2.49. The molecular weight excluding hydrogens is 316 g/mol. The Hall–Kier alpha value is -2.48. The van der Waals surface area contributed by atoms with Crippen LogP contribution in [0, 0.1) is 17.0 Å². The van der Waals surface area contributed by atoms with Crippen molar-refractivity contribution in [2.45, 2.75) is 33.0 Å². The SMILES string of the molecule is Cc1cccc(C(=O)OCC(=O)N2C[C@@H](C)O[C@@H](C)C2)c1[N+](=O)[O-]. The Morgan fingerprint density at radius 2 is 1.96 bits per heavy atom. The molecule has 1 aromatic rings. The van der Waals surface area contributed by atoms with E-state index in [0.29, 0.717) is 18.7 Å². The highest BCUT2D eigenvalue weighted by atomic mass is 16.6. The Morgan fingerprint density at radius 3 is 2.54 bits per heavy atom. The van der Waals surface area contributed by atoms with Gasteiger partial charge in [0.25, 0.3) is 11.6 Å². The third-order valence-electron chi connectivity index (χ3n) is 3.74. The van der Waals surface area contributed by atoms with Gasteiger partial charge in [-0.2, -0.15) is 0 Å². The number of ether oxygens (including phenoxy) is 2. The lowest BCUT2D eigenvalue weighted by Gasteiger charge is -2.35. The molecule has 8 nitrogen and oxygen atoms in total. The number of nitro groups is 1. The van der Waals surface area contributed by atoms with E-state index in [1.807, 2.05) is 13.8 Å². The number of benzene rings is 1. The Kier molecular flexibility index (Phi) is 5.50. The minimum Gasteiger partial charge on any atom is -0.452 e. The molecule has 0 radical (unpaired) electrons. The van der Waals surface area contributed by atoms with Crippen LogP contribution in [0.1, 0.15) is 29.8 Å². The smallest absolute Gasteiger partial charge is 0.345 e. The summed E-state index contributed by atoms with van der Waals surface area (Å²) in [6.45, 7) is 5.65. The Balaban J connectivity index is 2.02. The standard InChI is InChI=1S/C16H20N2O6/c1-10-5-4-6-13(15(10)18(21)22)16(20)23-9-14(19)17-7-11(2)24-12(3)8-17/h4-6,11-12H,7-9H2,1-3H3/t11-,12+. The van der Waals surface area contributed by atoms with Crippen molar-refractivity contribution in [3.63, 3.8) is 0 Å². The number of para-hydroxylation sites is 1. The van der Waals surface area contributed by atoms with Gasteiger partial charge in [0.05, 0.1) is 17.1 Å². The zero-order chi connectivity index (χ0) is 17.9. The lowest BCUT2D eigenvalue weighted by atomic mass is 10.1. The maximum absolute atomic E-state index is 12.2. The molecule has 0 N–H and O–H groups in total. The van der Waals surface area contributed by atoms with Crippen molar-refractivity contribution in [3.05, 3.63) is 39.4 Å². The number of aryl methyl sites for hydroxylation is 1. The molecule has 2 atom stereocenters. The molecule has 1 saturated heterocycles. The van der Waals surface area contributed by atoms with E-state index in [2.05, 4.69) is 0 Å².